The Hall–Kier alpha value is -3.97. The molecule has 7 nitrogen and oxygen atoms in total. The van der Waals surface area contributed by atoms with Crippen LogP contribution in [0.5, 0.6) is 0 Å². The van der Waals surface area contributed by atoms with E-state index >= 15 is 0 Å². The highest BCUT2D eigenvalue weighted by Crippen LogP contribution is 2.34. The molecule has 0 radical (unpaired) electrons. The second-order valence-electron chi connectivity index (χ2n) is 9.59. The predicted molar refractivity (Wildman–Crippen MR) is 147 cm³/mol. The van der Waals surface area contributed by atoms with Crippen LogP contribution in [-0.4, -0.2) is 59.3 Å². The first-order chi connectivity index (χ1) is 18.1. The molecule has 1 unspecified atom stereocenters. The number of carbonyl (C=O) groups excluding carboxylic acids is 2. The van der Waals surface area contributed by atoms with E-state index in [-0.39, 0.29) is 24.3 Å². The summed E-state index contributed by atoms with van der Waals surface area (Å²) in [5.74, 6) is -0.185. The minimum Gasteiger partial charge on any atom is -0.367 e. The van der Waals surface area contributed by atoms with Crippen LogP contribution in [0, 0.1) is 0 Å². The molecular formula is C30H33N5O2. The molecule has 7 heteroatoms. The van der Waals surface area contributed by atoms with Crippen LogP contribution in [0.1, 0.15) is 36.1 Å². The van der Waals surface area contributed by atoms with Crippen molar-refractivity contribution in [2.45, 2.75) is 25.8 Å². The van der Waals surface area contributed by atoms with Gasteiger partial charge in [0.05, 0.1) is 23.8 Å². The molecule has 2 aliphatic rings. The Kier molecular flexibility index (Phi) is 7.61. The van der Waals surface area contributed by atoms with Gasteiger partial charge in [0.15, 0.2) is 0 Å². The summed E-state index contributed by atoms with van der Waals surface area (Å²) in [4.78, 5) is 36.1. The van der Waals surface area contributed by atoms with Crippen molar-refractivity contribution >= 4 is 29.3 Å². The lowest BCUT2D eigenvalue weighted by Gasteiger charge is -2.37. The molecule has 190 valence electrons. The maximum absolute atomic E-state index is 13.3. The number of aromatic nitrogens is 1. The minimum absolute atomic E-state index is 0.0780. The number of benzene rings is 2. The van der Waals surface area contributed by atoms with E-state index < -0.39 is 0 Å². The van der Waals surface area contributed by atoms with Crippen molar-refractivity contribution in [3.8, 4) is 0 Å². The van der Waals surface area contributed by atoms with E-state index in [4.69, 9.17) is 0 Å². The van der Waals surface area contributed by atoms with Gasteiger partial charge >= 0.3 is 0 Å². The van der Waals surface area contributed by atoms with Gasteiger partial charge in [0.2, 0.25) is 11.8 Å². The second-order valence-corrected chi connectivity index (χ2v) is 9.59. The van der Waals surface area contributed by atoms with E-state index in [1.165, 1.54) is 12.5 Å². The zero-order chi connectivity index (χ0) is 25.6. The number of amides is 2. The highest BCUT2D eigenvalue weighted by Gasteiger charge is 2.28. The van der Waals surface area contributed by atoms with Gasteiger partial charge < -0.3 is 15.1 Å². The van der Waals surface area contributed by atoms with E-state index in [9.17, 15) is 9.59 Å². The van der Waals surface area contributed by atoms with Gasteiger partial charge in [0, 0.05) is 58.2 Å². The van der Waals surface area contributed by atoms with Crippen molar-refractivity contribution in [1.82, 2.24) is 14.8 Å². The molecule has 3 aromatic rings. The number of carbonyl (C=O) groups is 2. The molecule has 1 N–H and O–H groups in total. The van der Waals surface area contributed by atoms with Crippen LogP contribution in [0.3, 0.4) is 0 Å². The van der Waals surface area contributed by atoms with Crippen LogP contribution < -0.4 is 10.2 Å². The number of pyridine rings is 1. The van der Waals surface area contributed by atoms with Gasteiger partial charge in [-0.1, -0.05) is 36.4 Å². The summed E-state index contributed by atoms with van der Waals surface area (Å²) in [5, 5.41) is 3.14. The number of nitrogens with one attached hydrogen (secondary N) is 1. The molecule has 1 atom stereocenters. The third kappa shape index (κ3) is 5.89. The van der Waals surface area contributed by atoms with E-state index in [0.29, 0.717) is 0 Å². The first kappa shape index (κ1) is 24.7. The van der Waals surface area contributed by atoms with Crippen LogP contribution in [-0.2, 0) is 16.0 Å². The standard InChI is InChI=1S/C30H33N5O2/c1-23(36)35-17-13-25-6-2-3-7-26(25)29(35)22-30(37)32-27-8-4-5-9-28(27)34-20-18-33(19-21-34)16-12-24-10-14-31-15-11-24/h2-11,13-15,17,29H,12,16,18-22H2,1H3,(H,32,37). The van der Waals surface area contributed by atoms with Crippen molar-refractivity contribution in [2.24, 2.45) is 0 Å². The average molecular weight is 496 g/mol. The third-order valence-electron chi connectivity index (χ3n) is 7.21. The van der Waals surface area contributed by atoms with Crippen molar-refractivity contribution in [1.29, 1.82) is 0 Å². The fraction of sp³-hybridized carbons (Fsp3) is 0.300. The quantitative estimate of drug-likeness (QED) is 0.528. The third-order valence-corrected chi connectivity index (χ3v) is 7.21. The summed E-state index contributed by atoms with van der Waals surface area (Å²) in [6.07, 6.45) is 8.62. The van der Waals surface area contributed by atoms with Gasteiger partial charge in [-0.2, -0.15) is 0 Å². The Bertz CT molecular complexity index is 1270. The van der Waals surface area contributed by atoms with Crippen molar-refractivity contribution < 1.29 is 9.59 Å². The van der Waals surface area contributed by atoms with Crippen LogP contribution in [0.2, 0.25) is 0 Å². The normalized spacial score (nSPS) is 17.4. The maximum Gasteiger partial charge on any atom is 0.226 e. The zero-order valence-electron chi connectivity index (χ0n) is 21.2. The first-order valence-electron chi connectivity index (χ1n) is 12.9. The Morgan fingerprint density at radius 3 is 2.46 bits per heavy atom. The predicted octanol–water partition coefficient (Wildman–Crippen LogP) is 4.35. The zero-order valence-corrected chi connectivity index (χ0v) is 21.2. The molecule has 1 fully saturated rings. The molecule has 1 aromatic heterocycles. The number of para-hydroxylation sites is 2. The topological polar surface area (TPSA) is 68.8 Å². The van der Waals surface area contributed by atoms with E-state index in [0.717, 1.165) is 61.6 Å². The summed E-state index contributed by atoms with van der Waals surface area (Å²) in [7, 11) is 0. The number of rotatable bonds is 7. The number of fused-ring (bicyclic) bond motifs is 1. The number of nitrogens with zero attached hydrogens (tertiary/aromatic N) is 4. The summed E-state index contributed by atoms with van der Waals surface area (Å²) in [6, 6.07) is 19.8. The smallest absolute Gasteiger partial charge is 0.226 e. The Morgan fingerprint density at radius 1 is 0.946 bits per heavy atom. The summed E-state index contributed by atoms with van der Waals surface area (Å²) in [5.41, 5.74) is 5.19. The summed E-state index contributed by atoms with van der Waals surface area (Å²) in [6.45, 7) is 6.33. The molecule has 3 heterocycles. The molecule has 2 amide bonds. The summed E-state index contributed by atoms with van der Waals surface area (Å²) < 4.78 is 0. The van der Waals surface area contributed by atoms with Crippen LogP contribution in [0.25, 0.3) is 6.08 Å². The largest absolute Gasteiger partial charge is 0.367 e. The van der Waals surface area contributed by atoms with Crippen LogP contribution in [0.4, 0.5) is 11.4 Å². The Balaban J connectivity index is 1.22. The molecule has 37 heavy (non-hydrogen) atoms. The van der Waals surface area contributed by atoms with E-state index in [1.54, 1.807) is 11.1 Å². The molecule has 0 aliphatic carbocycles. The fourth-order valence-corrected chi connectivity index (χ4v) is 5.19. The van der Waals surface area contributed by atoms with Crippen molar-refractivity contribution in [3.05, 3.63) is 95.9 Å². The number of hydrogen-bond donors (Lipinski definition) is 1. The summed E-state index contributed by atoms with van der Waals surface area (Å²) >= 11 is 0. The Morgan fingerprint density at radius 2 is 1.68 bits per heavy atom. The van der Waals surface area contributed by atoms with E-state index in [2.05, 4.69) is 38.3 Å². The molecule has 0 saturated carbocycles. The molecule has 5 rings (SSSR count). The molecule has 2 aliphatic heterocycles. The Labute approximate surface area is 218 Å². The highest BCUT2D eigenvalue weighted by molar-refractivity contribution is 5.95. The highest BCUT2D eigenvalue weighted by atomic mass is 16.2. The lowest BCUT2D eigenvalue weighted by molar-refractivity contribution is -0.129. The van der Waals surface area contributed by atoms with Crippen molar-refractivity contribution in [2.75, 3.05) is 42.9 Å². The van der Waals surface area contributed by atoms with Crippen molar-refractivity contribution in [3.63, 3.8) is 0 Å². The molecule has 1 saturated heterocycles. The van der Waals surface area contributed by atoms with Gasteiger partial charge in [-0.3, -0.25) is 19.5 Å². The minimum atomic E-state index is -0.324. The maximum atomic E-state index is 13.3. The molecule has 0 bridgehead atoms. The monoisotopic (exact) mass is 495 g/mol. The molecular weight excluding hydrogens is 462 g/mol. The first-order valence-corrected chi connectivity index (χ1v) is 12.9. The van der Waals surface area contributed by atoms with Crippen LogP contribution >= 0.6 is 0 Å². The fourth-order valence-electron chi connectivity index (χ4n) is 5.19. The SMILES string of the molecule is CC(=O)N1C=Cc2ccccc2C1CC(=O)Nc1ccccc1N1CCN(CCc2ccncc2)CC1. The number of hydrogen-bond acceptors (Lipinski definition) is 5. The average Bonchev–Trinajstić information content (AvgIpc) is 2.93. The van der Waals surface area contributed by atoms with Gasteiger partial charge in [-0.15, -0.1) is 0 Å². The molecule has 2 aromatic carbocycles. The second kappa shape index (κ2) is 11.4. The van der Waals surface area contributed by atoms with Gasteiger partial charge in [0.1, 0.15) is 0 Å². The number of piperazine rings is 1. The lowest BCUT2D eigenvalue weighted by atomic mass is 9.93. The lowest BCUT2D eigenvalue weighted by Crippen LogP contribution is -2.47. The van der Waals surface area contributed by atoms with Gasteiger partial charge in [-0.05, 0) is 53.5 Å². The van der Waals surface area contributed by atoms with Gasteiger partial charge in [-0.25, -0.2) is 0 Å². The number of anilines is 2. The van der Waals surface area contributed by atoms with E-state index in [1.807, 2.05) is 60.9 Å². The van der Waals surface area contributed by atoms with Crippen LogP contribution in [0.15, 0.2) is 79.3 Å². The molecule has 0 spiro atoms. The van der Waals surface area contributed by atoms with Gasteiger partial charge in [0.25, 0.3) is 0 Å².